The Bertz CT molecular complexity index is 337. The third kappa shape index (κ3) is 2.89. The smallest absolute Gasteiger partial charge is 0.305 e. The second-order valence-corrected chi connectivity index (χ2v) is 3.57. The molecule has 0 amide bonds. The van der Waals surface area contributed by atoms with E-state index in [9.17, 15) is 4.79 Å². The van der Waals surface area contributed by atoms with Crippen LogP contribution < -0.4 is 0 Å². The number of hydrogen-bond acceptors (Lipinski definition) is 2. The van der Waals surface area contributed by atoms with Gasteiger partial charge in [0.25, 0.3) is 0 Å². The summed E-state index contributed by atoms with van der Waals surface area (Å²) in [5, 5.41) is 1.02. The van der Waals surface area contributed by atoms with Crippen molar-refractivity contribution in [2.75, 3.05) is 7.11 Å². The van der Waals surface area contributed by atoms with Crippen LogP contribution in [0.25, 0.3) is 0 Å². The summed E-state index contributed by atoms with van der Waals surface area (Å²) in [4.78, 5) is 10.9. The normalized spacial score (nSPS) is 9.93. The lowest BCUT2D eigenvalue weighted by Gasteiger charge is -2.04. The average molecular weight is 233 g/mol. The zero-order valence-electron chi connectivity index (χ0n) is 7.72. The molecule has 0 fully saturated rings. The minimum absolute atomic E-state index is 0.249. The molecular weight excluding hydrogens is 223 g/mol. The molecule has 0 spiro atoms. The first kappa shape index (κ1) is 11.3. The molecule has 0 N–H and O–H groups in total. The number of hydrogen-bond donors (Lipinski definition) is 0. The maximum atomic E-state index is 10.9. The molecule has 0 saturated carbocycles. The van der Waals surface area contributed by atoms with Crippen LogP contribution in [0.3, 0.4) is 0 Å². The molecule has 1 aromatic rings. The van der Waals surface area contributed by atoms with Crippen molar-refractivity contribution < 1.29 is 9.53 Å². The summed E-state index contributed by atoms with van der Waals surface area (Å²) in [5.74, 6) is -0.249. The maximum absolute atomic E-state index is 10.9. The van der Waals surface area contributed by atoms with Gasteiger partial charge >= 0.3 is 5.97 Å². The second-order valence-electron chi connectivity index (χ2n) is 2.79. The number of rotatable bonds is 3. The standard InChI is InChI=1S/C10H10Cl2O2/c1-14-9(13)6-5-7-3-2-4-8(11)10(7)12/h2-4H,5-6H2,1H3. The average Bonchev–Trinajstić information content (AvgIpc) is 2.20. The fourth-order valence-electron chi connectivity index (χ4n) is 1.08. The molecule has 76 valence electrons. The monoisotopic (exact) mass is 232 g/mol. The molecule has 0 unspecified atom stereocenters. The van der Waals surface area contributed by atoms with Gasteiger partial charge in [-0.1, -0.05) is 35.3 Å². The molecule has 0 aliphatic rings. The van der Waals surface area contributed by atoms with Crippen molar-refractivity contribution in [3.63, 3.8) is 0 Å². The number of ether oxygens (including phenoxy) is 1. The lowest BCUT2D eigenvalue weighted by molar-refractivity contribution is -0.140. The van der Waals surface area contributed by atoms with E-state index >= 15 is 0 Å². The summed E-state index contributed by atoms with van der Waals surface area (Å²) in [6.07, 6.45) is 0.864. The summed E-state index contributed by atoms with van der Waals surface area (Å²) in [7, 11) is 1.36. The van der Waals surface area contributed by atoms with Gasteiger partial charge in [0.05, 0.1) is 17.2 Å². The highest BCUT2D eigenvalue weighted by Crippen LogP contribution is 2.26. The SMILES string of the molecule is COC(=O)CCc1cccc(Cl)c1Cl. The molecule has 0 atom stereocenters. The third-order valence-corrected chi connectivity index (χ3v) is 2.72. The minimum atomic E-state index is -0.249. The van der Waals surface area contributed by atoms with E-state index in [0.29, 0.717) is 22.9 Å². The maximum Gasteiger partial charge on any atom is 0.305 e. The van der Waals surface area contributed by atoms with Gasteiger partial charge in [-0.05, 0) is 18.1 Å². The van der Waals surface area contributed by atoms with E-state index in [1.165, 1.54) is 7.11 Å². The van der Waals surface area contributed by atoms with Crippen molar-refractivity contribution >= 4 is 29.2 Å². The van der Waals surface area contributed by atoms with Gasteiger partial charge in [-0.15, -0.1) is 0 Å². The molecule has 0 aromatic heterocycles. The Labute approximate surface area is 92.8 Å². The number of halogens is 2. The van der Waals surface area contributed by atoms with Gasteiger partial charge in [0.1, 0.15) is 0 Å². The van der Waals surface area contributed by atoms with Crippen LogP contribution in [0, 0.1) is 0 Å². The minimum Gasteiger partial charge on any atom is -0.469 e. The Morgan fingerprint density at radius 3 is 2.79 bits per heavy atom. The Balaban J connectivity index is 2.68. The van der Waals surface area contributed by atoms with Crippen LogP contribution in [0.15, 0.2) is 18.2 Å². The molecule has 0 radical (unpaired) electrons. The van der Waals surface area contributed by atoms with Gasteiger partial charge in [-0.3, -0.25) is 4.79 Å². The van der Waals surface area contributed by atoms with Crippen molar-refractivity contribution in [2.24, 2.45) is 0 Å². The van der Waals surface area contributed by atoms with Gasteiger partial charge in [0.15, 0.2) is 0 Å². The molecule has 0 aliphatic carbocycles. The zero-order chi connectivity index (χ0) is 10.6. The molecule has 2 nitrogen and oxygen atoms in total. The van der Waals surface area contributed by atoms with Crippen LogP contribution in [-0.2, 0) is 16.0 Å². The third-order valence-electron chi connectivity index (χ3n) is 1.86. The van der Waals surface area contributed by atoms with Crippen LogP contribution >= 0.6 is 23.2 Å². The van der Waals surface area contributed by atoms with E-state index in [0.717, 1.165) is 5.56 Å². The molecule has 0 bridgehead atoms. The van der Waals surface area contributed by atoms with Gasteiger partial charge in [-0.2, -0.15) is 0 Å². The van der Waals surface area contributed by atoms with Crippen LogP contribution in [0.5, 0.6) is 0 Å². The van der Waals surface area contributed by atoms with Crippen molar-refractivity contribution in [1.29, 1.82) is 0 Å². The lowest BCUT2D eigenvalue weighted by atomic mass is 10.1. The summed E-state index contributed by atoms with van der Waals surface area (Å²) in [5.41, 5.74) is 0.865. The molecular formula is C10H10Cl2O2. The fourth-order valence-corrected chi connectivity index (χ4v) is 1.49. The van der Waals surface area contributed by atoms with E-state index in [-0.39, 0.29) is 5.97 Å². The van der Waals surface area contributed by atoms with E-state index in [1.54, 1.807) is 12.1 Å². The number of carbonyl (C=O) groups is 1. The summed E-state index contributed by atoms with van der Waals surface area (Å²) in [6, 6.07) is 5.36. The molecule has 0 heterocycles. The highest BCUT2D eigenvalue weighted by atomic mass is 35.5. The van der Waals surface area contributed by atoms with Gasteiger partial charge in [0.2, 0.25) is 0 Å². The van der Waals surface area contributed by atoms with Gasteiger partial charge < -0.3 is 4.74 Å². The first-order chi connectivity index (χ1) is 6.65. The predicted octanol–water partition coefficient (Wildman–Crippen LogP) is 3.10. The Hall–Kier alpha value is -0.730. The van der Waals surface area contributed by atoms with Crippen molar-refractivity contribution in [3.05, 3.63) is 33.8 Å². The predicted molar refractivity (Wildman–Crippen MR) is 56.8 cm³/mol. The molecule has 14 heavy (non-hydrogen) atoms. The number of aryl methyl sites for hydroxylation is 1. The quantitative estimate of drug-likeness (QED) is 0.750. The summed E-state index contributed by atoms with van der Waals surface area (Å²) < 4.78 is 4.53. The Morgan fingerprint density at radius 2 is 2.14 bits per heavy atom. The van der Waals surface area contributed by atoms with Crippen LogP contribution in [-0.4, -0.2) is 13.1 Å². The highest BCUT2D eigenvalue weighted by Gasteiger charge is 2.06. The first-order valence-electron chi connectivity index (χ1n) is 4.15. The summed E-state index contributed by atoms with van der Waals surface area (Å²) in [6.45, 7) is 0. The fraction of sp³-hybridized carbons (Fsp3) is 0.300. The molecule has 1 rings (SSSR count). The van der Waals surface area contributed by atoms with E-state index in [1.807, 2.05) is 6.07 Å². The van der Waals surface area contributed by atoms with Gasteiger partial charge in [-0.25, -0.2) is 0 Å². The van der Waals surface area contributed by atoms with E-state index < -0.39 is 0 Å². The van der Waals surface area contributed by atoms with E-state index in [2.05, 4.69) is 4.74 Å². The lowest BCUT2D eigenvalue weighted by Crippen LogP contribution is -2.02. The molecule has 0 aliphatic heterocycles. The number of esters is 1. The van der Waals surface area contributed by atoms with Crippen LogP contribution in [0.2, 0.25) is 10.0 Å². The van der Waals surface area contributed by atoms with Crippen LogP contribution in [0.1, 0.15) is 12.0 Å². The topological polar surface area (TPSA) is 26.3 Å². The Morgan fingerprint density at radius 1 is 1.43 bits per heavy atom. The second kappa shape index (κ2) is 5.23. The number of methoxy groups -OCH3 is 1. The zero-order valence-corrected chi connectivity index (χ0v) is 9.23. The van der Waals surface area contributed by atoms with Crippen molar-refractivity contribution in [2.45, 2.75) is 12.8 Å². The van der Waals surface area contributed by atoms with Crippen molar-refractivity contribution in [1.82, 2.24) is 0 Å². The Kier molecular flexibility index (Phi) is 4.23. The first-order valence-corrected chi connectivity index (χ1v) is 4.90. The highest BCUT2D eigenvalue weighted by molar-refractivity contribution is 6.42. The molecule has 0 saturated heterocycles. The van der Waals surface area contributed by atoms with Gasteiger partial charge in [0, 0.05) is 6.42 Å². The number of carbonyl (C=O) groups excluding carboxylic acids is 1. The molecule has 1 aromatic carbocycles. The molecule has 4 heteroatoms. The van der Waals surface area contributed by atoms with Crippen LogP contribution in [0.4, 0.5) is 0 Å². The summed E-state index contributed by atoms with van der Waals surface area (Å²) >= 11 is 11.8. The van der Waals surface area contributed by atoms with Crippen molar-refractivity contribution in [3.8, 4) is 0 Å². The van der Waals surface area contributed by atoms with E-state index in [4.69, 9.17) is 23.2 Å². The largest absolute Gasteiger partial charge is 0.469 e. The number of benzene rings is 1.